The van der Waals surface area contributed by atoms with Crippen LogP contribution in [0.5, 0.6) is 5.88 Å². The number of aromatic nitrogens is 1. The van der Waals surface area contributed by atoms with Gasteiger partial charge in [-0.15, -0.1) is 0 Å². The third-order valence-corrected chi connectivity index (χ3v) is 4.84. The minimum Gasteiger partial charge on any atom is -0.474 e. The van der Waals surface area contributed by atoms with Crippen LogP contribution in [0.3, 0.4) is 0 Å². The molecule has 0 amide bonds. The summed E-state index contributed by atoms with van der Waals surface area (Å²) >= 11 is 0. The highest BCUT2D eigenvalue weighted by molar-refractivity contribution is 5.80. The van der Waals surface area contributed by atoms with Crippen molar-refractivity contribution in [3.63, 3.8) is 0 Å². The summed E-state index contributed by atoms with van der Waals surface area (Å²) in [5.41, 5.74) is 0. The number of guanidine groups is 1. The van der Waals surface area contributed by atoms with Crippen LogP contribution >= 0.6 is 0 Å². The molecule has 0 spiro atoms. The van der Waals surface area contributed by atoms with Gasteiger partial charge in [-0.25, -0.2) is 9.37 Å². The summed E-state index contributed by atoms with van der Waals surface area (Å²) in [7, 11) is 1.81. The van der Waals surface area contributed by atoms with Gasteiger partial charge in [-0.3, -0.25) is 4.99 Å². The summed E-state index contributed by atoms with van der Waals surface area (Å²) < 4.78 is 18.8. The van der Waals surface area contributed by atoms with Gasteiger partial charge in [0.15, 0.2) is 11.8 Å². The lowest BCUT2D eigenvalue weighted by Crippen LogP contribution is -2.41. The first-order valence-corrected chi connectivity index (χ1v) is 8.47. The first-order valence-electron chi connectivity index (χ1n) is 8.47. The summed E-state index contributed by atoms with van der Waals surface area (Å²) in [5, 5.41) is 3.31. The Hall–Kier alpha value is -1.85. The third-order valence-electron chi connectivity index (χ3n) is 4.84. The molecule has 2 unspecified atom stereocenters. The molecule has 126 valence electrons. The maximum atomic E-state index is 13.4. The highest BCUT2D eigenvalue weighted by Crippen LogP contribution is 2.35. The fourth-order valence-electron chi connectivity index (χ4n) is 3.70. The van der Waals surface area contributed by atoms with Gasteiger partial charge in [0.25, 0.3) is 0 Å². The first kappa shape index (κ1) is 16.0. The standard InChI is InChI=1S/C17H25FN4O/c1-19-17(22-11-13-5-2-3-6-14(13)12-22)21-9-10-23-16-15(18)7-4-8-20-16/h4,7-8,13-14H,2-3,5-6,9-12H2,1H3,(H,19,21). The van der Waals surface area contributed by atoms with E-state index in [9.17, 15) is 4.39 Å². The van der Waals surface area contributed by atoms with Crippen molar-refractivity contribution in [1.82, 2.24) is 15.2 Å². The predicted molar refractivity (Wildman–Crippen MR) is 88.1 cm³/mol. The van der Waals surface area contributed by atoms with Gasteiger partial charge >= 0.3 is 0 Å². The minimum absolute atomic E-state index is 0.0523. The molecule has 1 saturated heterocycles. The number of halogens is 1. The summed E-state index contributed by atoms with van der Waals surface area (Å²) in [5.74, 6) is 2.18. The molecule has 3 rings (SSSR count). The summed E-state index contributed by atoms with van der Waals surface area (Å²) in [6.45, 7) is 3.13. The lowest BCUT2D eigenvalue weighted by Gasteiger charge is -2.22. The Morgan fingerprint density at radius 3 is 2.78 bits per heavy atom. The molecule has 1 saturated carbocycles. The molecule has 23 heavy (non-hydrogen) atoms. The van der Waals surface area contributed by atoms with Gasteiger partial charge in [-0.05, 0) is 36.8 Å². The number of nitrogens with one attached hydrogen (secondary N) is 1. The minimum atomic E-state index is -0.430. The van der Waals surface area contributed by atoms with Crippen molar-refractivity contribution in [3.05, 3.63) is 24.1 Å². The number of nitrogens with zero attached hydrogens (tertiary/aromatic N) is 3. The van der Waals surface area contributed by atoms with E-state index in [2.05, 4.69) is 20.2 Å². The molecule has 0 aromatic carbocycles. The molecule has 1 N–H and O–H groups in total. The van der Waals surface area contributed by atoms with Gasteiger partial charge in [0.2, 0.25) is 5.88 Å². The van der Waals surface area contributed by atoms with Gasteiger partial charge in [0.05, 0.1) is 6.54 Å². The van der Waals surface area contributed by atoms with E-state index >= 15 is 0 Å². The van der Waals surface area contributed by atoms with Crippen LogP contribution in [-0.2, 0) is 0 Å². The Bertz CT molecular complexity index is 537. The smallest absolute Gasteiger partial charge is 0.250 e. The van der Waals surface area contributed by atoms with E-state index in [-0.39, 0.29) is 5.88 Å². The average Bonchev–Trinajstić information content (AvgIpc) is 3.00. The third kappa shape index (κ3) is 3.92. The van der Waals surface area contributed by atoms with Crippen LogP contribution in [0.4, 0.5) is 4.39 Å². The average molecular weight is 320 g/mol. The lowest BCUT2D eigenvalue weighted by molar-refractivity contribution is 0.290. The maximum Gasteiger partial charge on any atom is 0.250 e. The van der Waals surface area contributed by atoms with Gasteiger partial charge in [-0.1, -0.05) is 12.8 Å². The van der Waals surface area contributed by atoms with E-state index in [1.807, 2.05) is 7.05 Å². The van der Waals surface area contributed by atoms with Crippen LogP contribution in [0.2, 0.25) is 0 Å². The number of ether oxygens (including phenoxy) is 1. The van der Waals surface area contributed by atoms with Crippen LogP contribution < -0.4 is 10.1 Å². The molecule has 2 aliphatic rings. The normalized spacial score (nSPS) is 24.4. The van der Waals surface area contributed by atoms with E-state index in [1.54, 1.807) is 6.07 Å². The molecule has 2 fully saturated rings. The van der Waals surface area contributed by atoms with Crippen molar-refractivity contribution in [2.24, 2.45) is 16.8 Å². The molecular weight excluding hydrogens is 295 g/mol. The van der Waals surface area contributed by atoms with Crippen LogP contribution in [0, 0.1) is 17.7 Å². The van der Waals surface area contributed by atoms with Crippen LogP contribution in [-0.4, -0.2) is 49.1 Å². The number of hydrogen-bond donors (Lipinski definition) is 1. The molecule has 1 aromatic rings. The largest absolute Gasteiger partial charge is 0.474 e. The van der Waals surface area contributed by atoms with Crippen molar-refractivity contribution in [2.45, 2.75) is 25.7 Å². The number of fused-ring (bicyclic) bond motifs is 1. The Kier molecular flexibility index (Phi) is 5.31. The number of hydrogen-bond acceptors (Lipinski definition) is 3. The van der Waals surface area contributed by atoms with Crippen molar-refractivity contribution in [1.29, 1.82) is 0 Å². The first-order chi connectivity index (χ1) is 11.3. The van der Waals surface area contributed by atoms with Crippen molar-refractivity contribution < 1.29 is 9.13 Å². The second-order valence-electron chi connectivity index (χ2n) is 6.32. The van der Waals surface area contributed by atoms with Crippen LogP contribution in [0.15, 0.2) is 23.3 Å². The summed E-state index contributed by atoms with van der Waals surface area (Å²) in [6.07, 6.45) is 6.95. The SMILES string of the molecule is CN=C(NCCOc1ncccc1F)N1CC2CCCCC2C1. The molecule has 5 nitrogen and oxygen atoms in total. The molecule has 0 bridgehead atoms. The van der Waals surface area contributed by atoms with Gasteiger partial charge in [-0.2, -0.15) is 0 Å². The molecule has 1 aromatic heterocycles. The van der Waals surface area contributed by atoms with Crippen molar-refractivity contribution >= 4 is 5.96 Å². The summed E-state index contributed by atoms with van der Waals surface area (Å²) in [4.78, 5) is 10.6. The number of aliphatic imine (C=N–C) groups is 1. The molecule has 0 radical (unpaired) electrons. The molecule has 2 atom stereocenters. The van der Waals surface area contributed by atoms with E-state index in [1.165, 1.54) is 37.9 Å². The molecule has 6 heteroatoms. The van der Waals surface area contributed by atoms with Crippen molar-refractivity contribution in [3.8, 4) is 5.88 Å². The Labute approximate surface area is 137 Å². The van der Waals surface area contributed by atoms with E-state index in [0.29, 0.717) is 13.2 Å². The number of pyridine rings is 1. The number of rotatable bonds is 4. The topological polar surface area (TPSA) is 49.8 Å². The molecule has 1 aliphatic heterocycles. The lowest BCUT2D eigenvalue weighted by atomic mass is 9.82. The van der Waals surface area contributed by atoms with E-state index in [0.717, 1.165) is 30.9 Å². The molecular formula is C17H25FN4O. The predicted octanol–water partition coefficient (Wildman–Crippen LogP) is 2.30. The van der Waals surface area contributed by atoms with E-state index < -0.39 is 5.82 Å². The van der Waals surface area contributed by atoms with Gasteiger partial charge in [0.1, 0.15) is 6.61 Å². The van der Waals surface area contributed by atoms with Gasteiger partial charge < -0.3 is 15.0 Å². The Balaban J connectivity index is 1.44. The van der Waals surface area contributed by atoms with Crippen molar-refractivity contribution in [2.75, 3.05) is 33.3 Å². The number of likely N-dealkylation sites (tertiary alicyclic amines) is 1. The Morgan fingerprint density at radius 2 is 2.13 bits per heavy atom. The molecule has 1 aliphatic carbocycles. The fraction of sp³-hybridized carbons (Fsp3) is 0.647. The second-order valence-corrected chi connectivity index (χ2v) is 6.32. The highest BCUT2D eigenvalue weighted by Gasteiger charge is 2.35. The monoisotopic (exact) mass is 320 g/mol. The summed E-state index contributed by atoms with van der Waals surface area (Å²) in [6, 6.07) is 2.90. The van der Waals surface area contributed by atoms with Crippen LogP contribution in [0.1, 0.15) is 25.7 Å². The fourth-order valence-corrected chi connectivity index (χ4v) is 3.70. The maximum absolute atomic E-state index is 13.4. The zero-order valence-corrected chi connectivity index (χ0v) is 13.7. The zero-order chi connectivity index (χ0) is 16.1. The Morgan fingerprint density at radius 1 is 1.39 bits per heavy atom. The highest BCUT2D eigenvalue weighted by atomic mass is 19.1. The quantitative estimate of drug-likeness (QED) is 0.525. The molecule has 2 heterocycles. The second kappa shape index (κ2) is 7.62. The van der Waals surface area contributed by atoms with Gasteiger partial charge in [0, 0.05) is 26.3 Å². The van der Waals surface area contributed by atoms with E-state index in [4.69, 9.17) is 4.74 Å². The zero-order valence-electron chi connectivity index (χ0n) is 13.7. The van der Waals surface area contributed by atoms with Crippen LogP contribution in [0.25, 0.3) is 0 Å².